The molecule has 0 aliphatic carbocycles. The van der Waals surface area contributed by atoms with Gasteiger partial charge < -0.3 is 5.11 Å². The second kappa shape index (κ2) is 6.55. The minimum Gasteiger partial charge on any atom is -0.508 e. The van der Waals surface area contributed by atoms with Crippen LogP contribution in [0.15, 0.2) is 18.2 Å². The molecule has 1 aromatic carbocycles. The second-order valence-corrected chi connectivity index (χ2v) is 5.54. The molecule has 1 saturated heterocycles. The van der Waals surface area contributed by atoms with E-state index >= 15 is 0 Å². The van der Waals surface area contributed by atoms with E-state index in [0.29, 0.717) is 11.6 Å². The molecule has 1 aliphatic rings. The Kier molecular flexibility index (Phi) is 5.00. The number of halogens is 1. The van der Waals surface area contributed by atoms with E-state index in [1.807, 2.05) is 6.92 Å². The monoisotopic (exact) mass is 280 g/mol. The smallest absolute Gasteiger partial charge is 0.123 e. The van der Waals surface area contributed by atoms with Crippen LogP contribution in [0.3, 0.4) is 0 Å². The molecule has 1 heterocycles. The molecular formula is C16H25FN2O. The number of phenolic OH excluding ortho intramolecular Hbond substituents is 1. The molecule has 0 aromatic heterocycles. The summed E-state index contributed by atoms with van der Waals surface area (Å²) in [4.78, 5) is 4.80. The van der Waals surface area contributed by atoms with Gasteiger partial charge in [0.05, 0.1) is 0 Å². The van der Waals surface area contributed by atoms with E-state index in [1.165, 1.54) is 18.2 Å². The number of likely N-dealkylation sites (tertiary alicyclic amines) is 1. The molecule has 0 amide bonds. The van der Waals surface area contributed by atoms with Gasteiger partial charge in [0.15, 0.2) is 0 Å². The van der Waals surface area contributed by atoms with E-state index in [-0.39, 0.29) is 17.6 Å². The molecule has 1 aliphatic heterocycles. The summed E-state index contributed by atoms with van der Waals surface area (Å²) in [7, 11) is 0. The topological polar surface area (TPSA) is 26.7 Å². The molecule has 1 aromatic rings. The van der Waals surface area contributed by atoms with E-state index in [2.05, 4.69) is 23.6 Å². The van der Waals surface area contributed by atoms with Gasteiger partial charge in [-0.05, 0) is 44.6 Å². The summed E-state index contributed by atoms with van der Waals surface area (Å²) in [6.07, 6.45) is 1.14. The summed E-state index contributed by atoms with van der Waals surface area (Å²) < 4.78 is 13.4. The number of hydrogen-bond donors (Lipinski definition) is 1. The average Bonchev–Trinajstić information content (AvgIpc) is 2.92. The van der Waals surface area contributed by atoms with Crippen LogP contribution in [0.2, 0.25) is 0 Å². The quantitative estimate of drug-likeness (QED) is 0.898. The summed E-state index contributed by atoms with van der Waals surface area (Å²) in [5.41, 5.74) is 0.685. The molecule has 2 unspecified atom stereocenters. The average molecular weight is 280 g/mol. The van der Waals surface area contributed by atoms with Crippen LogP contribution in [-0.4, -0.2) is 47.1 Å². The van der Waals surface area contributed by atoms with Crippen molar-refractivity contribution in [3.8, 4) is 5.75 Å². The zero-order chi connectivity index (χ0) is 14.7. The number of likely N-dealkylation sites (N-methyl/N-ethyl adjacent to an activating group) is 1. The van der Waals surface area contributed by atoms with Crippen molar-refractivity contribution in [3.05, 3.63) is 29.6 Å². The fraction of sp³-hybridized carbons (Fsp3) is 0.625. The summed E-state index contributed by atoms with van der Waals surface area (Å²) in [6, 6.07) is 4.81. The van der Waals surface area contributed by atoms with Crippen LogP contribution < -0.4 is 0 Å². The van der Waals surface area contributed by atoms with E-state index in [0.717, 1.165) is 32.6 Å². The standard InChI is InChI=1S/C16H25FN2O/c1-4-18(5-2)14-8-9-19(11-14)12(3)15-10-13(17)6-7-16(15)20/h6-7,10,12,14,20H,4-5,8-9,11H2,1-3H3. The van der Waals surface area contributed by atoms with Gasteiger partial charge in [0.2, 0.25) is 0 Å². The first-order valence-electron chi connectivity index (χ1n) is 7.53. The van der Waals surface area contributed by atoms with E-state index in [1.54, 1.807) is 0 Å². The number of rotatable bonds is 5. The normalized spacial score (nSPS) is 21.6. The van der Waals surface area contributed by atoms with Gasteiger partial charge in [-0.3, -0.25) is 9.80 Å². The maximum absolute atomic E-state index is 13.4. The fourth-order valence-corrected chi connectivity index (χ4v) is 3.21. The van der Waals surface area contributed by atoms with Gasteiger partial charge in [0, 0.05) is 30.7 Å². The Morgan fingerprint density at radius 1 is 1.40 bits per heavy atom. The third-order valence-corrected chi connectivity index (χ3v) is 4.51. The Hall–Kier alpha value is -1.13. The summed E-state index contributed by atoms with van der Waals surface area (Å²) in [5, 5.41) is 9.93. The first kappa shape index (κ1) is 15.3. The molecule has 0 radical (unpaired) electrons. The summed E-state index contributed by atoms with van der Waals surface area (Å²) >= 11 is 0. The van der Waals surface area contributed by atoms with Crippen molar-refractivity contribution >= 4 is 0 Å². The highest BCUT2D eigenvalue weighted by molar-refractivity contribution is 5.35. The van der Waals surface area contributed by atoms with Gasteiger partial charge in [-0.15, -0.1) is 0 Å². The van der Waals surface area contributed by atoms with E-state index < -0.39 is 0 Å². The van der Waals surface area contributed by atoms with E-state index in [4.69, 9.17) is 0 Å². The van der Waals surface area contributed by atoms with Crippen LogP contribution in [0.4, 0.5) is 4.39 Å². The highest BCUT2D eigenvalue weighted by Gasteiger charge is 2.30. The Bertz CT molecular complexity index is 448. The number of nitrogens with zero attached hydrogens (tertiary/aromatic N) is 2. The van der Waals surface area contributed by atoms with Crippen molar-refractivity contribution in [1.82, 2.24) is 9.80 Å². The highest BCUT2D eigenvalue weighted by atomic mass is 19.1. The third-order valence-electron chi connectivity index (χ3n) is 4.51. The molecule has 2 rings (SSSR count). The van der Waals surface area contributed by atoms with Crippen molar-refractivity contribution in [2.45, 2.75) is 39.3 Å². The molecule has 0 saturated carbocycles. The number of hydrogen-bond acceptors (Lipinski definition) is 3. The molecule has 0 bridgehead atoms. The lowest BCUT2D eigenvalue weighted by Gasteiger charge is -2.29. The number of phenols is 1. The Morgan fingerprint density at radius 2 is 2.10 bits per heavy atom. The molecular weight excluding hydrogens is 255 g/mol. The SMILES string of the molecule is CCN(CC)C1CCN(C(C)c2cc(F)ccc2O)C1. The van der Waals surface area contributed by atoms with Crippen molar-refractivity contribution < 1.29 is 9.50 Å². The van der Waals surface area contributed by atoms with Crippen molar-refractivity contribution in [3.63, 3.8) is 0 Å². The summed E-state index contributed by atoms with van der Waals surface area (Å²) in [6.45, 7) is 10.5. The number of benzene rings is 1. The minimum absolute atomic E-state index is 0.0475. The molecule has 1 fully saturated rings. The van der Waals surface area contributed by atoms with Gasteiger partial charge in [-0.25, -0.2) is 4.39 Å². The first-order chi connectivity index (χ1) is 9.56. The third kappa shape index (κ3) is 3.13. The highest BCUT2D eigenvalue weighted by Crippen LogP contribution is 2.32. The zero-order valence-electron chi connectivity index (χ0n) is 12.6. The number of aromatic hydroxyl groups is 1. The minimum atomic E-state index is -0.288. The Labute approximate surface area is 121 Å². The summed E-state index contributed by atoms with van der Waals surface area (Å²) in [5.74, 6) is -0.102. The Morgan fingerprint density at radius 3 is 2.75 bits per heavy atom. The lowest BCUT2D eigenvalue weighted by Crippen LogP contribution is -2.37. The lowest BCUT2D eigenvalue weighted by atomic mass is 10.1. The van der Waals surface area contributed by atoms with Gasteiger partial charge in [0.25, 0.3) is 0 Å². The van der Waals surface area contributed by atoms with Gasteiger partial charge in [-0.2, -0.15) is 0 Å². The van der Waals surface area contributed by atoms with Gasteiger partial charge in [-0.1, -0.05) is 13.8 Å². The van der Waals surface area contributed by atoms with Crippen LogP contribution >= 0.6 is 0 Å². The first-order valence-corrected chi connectivity index (χ1v) is 7.53. The van der Waals surface area contributed by atoms with Crippen LogP contribution in [0.1, 0.15) is 38.8 Å². The van der Waals surface area contributed by atoms with Crippen LogP contribution in [0.5, 0.6) is 5.75 Å². The zero-order valence-corrected chi connectivity index (χ0v) is 12.6. The van der Waals surface area contributed by atoms with Crippen LogP contribution in [0.25, 0.3) is 0 Å². The Balaban J connectivity index is 2.07. The molecule has 112 valence electrons. The van der Waals surface area contributed by atoms with Crippen LogP contribution in [0, 0.1) is 5.82 Å². The van der Waals surface area contributed by atoms with Crippen molar-refractivity contribution in [1.29, 1.82) is 0 Å². The molecule has 3 nitrogen and oxygen atoms in total. The van der Waals surface area contributed by atoms with Crippen molar-refractivity contribution in [2.24, 2.45) is 0 Å². The lowest BCUT2D eigenvalue weighted by molar-refractivity contribution is 0.192. The maximum Gasteiger partial charge on any atom is 0.123 e. The maximum atomic E-state index is 13.4. The molecule has 1 N–H and O–H groups in total. The molecule has 4 heteroatoms. The van der Waals surface area contributed by atoms with Gasteiger partial charge >= 0.3 is 0 Å². The molecule has 20 heavy (non-hydrogen) atoms. The molecule has 2 atom stereocenters. The predicted octanol–water partition coefficient (Wildman–Crippen LogP) is 3.01. The van der Waals surface area contributed by atoms with Gasteiger partial charge in [0.1, 0.15) is 11.6 Å². The predicted molar refractivity (Wildman–Crippen MR) is 79.4 cm³/mol. The van der Waals surface area contributed by atoms with Crippen LogP contribution in [-0.2, 0) is 0 Å². The van der Waals surface area contributed by atoms with Crippen molar-refractivity contribution in [2.75, 3.05) is 26.2 Å². The largest absolute Gasteiger partial charge is 0.508 e. The second-order valence-electron chi connectivity index (χ2n) is 5.54. The molecule has 0 spiro atoms. The fourth-order valence-electron chi connectivity index (χ4n) is 3.21. The van der Waals surface area contributed by atoms with E-state index in [9.17, 15) is 9.50 Å².